The van der Waals surface area contributed by atoms with Crippen molar-refractivity contribution in [3.05, 3.63) is 60.6 Å². The van der Waals surface area contributed by atoms with E-state index in [0.29, 0.717) is 28.8 Å². The predicted molar refractivity (Wildman–Crippen MR) is 113 cm³/mol. The van der Waals surface area contributed by atoms with Gasteiger partial charge in [-0.05, 0) is 39.0 Å². The summed E-state index contributed by atoms with van der Waals surface area (Å²) in [5.41, 5.74) is 1.82. The Labute approximate surface area is 173 Å². The molecule has 2 heterocycles. The molecule has 0 radical (unpaired) electrons. The molecule has 1 N–H and O–H groups in total. The van der Waals surface area contributed by atoms with E-state index in [4.69, 9.17) is 4.42 Å². The first-order valence-corrected chi connectivity index (χ1v) is 9.96. The highest BCUT2D eigenvalue weighted by molar-refractivity contribution is 8.00. The SMILES string of the molecule is C=CCn1c(S[C@H](C)C(=O)Nc2ccccc2C(C)=O)nnc1-c1ccoc1C. The van der Waals surface area contributed by atoms with Crippen LogP contribution in [-0.4, -0.2) is 31.7 Å². The third-order valence-electron chi connectivity index (χ3n) is 4.34. The van der Waals surface area contributed by atoms with Crippen molar-refractivity contribution >= 4 is 29.1 Å². The quantitative estimate of drug-likeness (QED) is 0.337. The molecular weight excluding hydrogens is 388 g/mol. The Morgan fingerprint density at radius 3 is 2.72 bits per heavy atom. The normalized spacial score (nSPS) is 11.8. The molecule has 0 spiro atoms. The minimum Gasteiger partial charge on any atom is -0.469 e. The van der Waals surface area contributed by atoms with Crippen LogP contribution in [0, 0.1) is 6.92 Å². The fourth-order valence-corrected chi connectivity index (χ4v) is 3.69. The van der Waals surface area contributed by atoms with E-state index in [9.17, 15) is 9.59 Å². The second-order valence-corrected chi connectivity index (χ2v) is 7.75. The number of nitrogens with one attached hydrogen (secondary N) is 1. The zero-order valence-corrected chi connectivity index (χ0v) is 17.3. The van der Waals surface area contributed by atoms with Crippen LogP contribution in [0.2, 0.25) is 0 Å². The number of aromatic nitrogens is 3. The summed E-state index contributed by atoms with van der Waals surface area (Å²) >= 11 is 1.29. The van der Waals surface area contributed by atoms with Crippen molar-refractivity contribution in [1.82, 2.24) is 14.8 Å². The maximum Gasteiger partial charge on any atom is 0.237 e. The van der Waals surface area contributed by atoms with Gasteiger partial charge >= 0.3 is 0 Å². The molecule has 0 unspecified atom stereocenters. The molecule has 2 aromatic heterocycles. The van der Waals surface area contributed by atoms with Crippen molar-refractivity contribution in [1.29, 1.82) is 0 Å². The van der Waals surface area contributed by atoms with Gasteiger partial charge in [0.05, 0.1) is 22.8 Å². The van der Waals surface area contributed by atoms with Gasteiger partial charge in [-0.15, -0.1) is 16.8 Å². The highest BCUT2D eigenvalue weighted by Gasteiger charge is 2.22. The highest BCUT2D eigenvalue weighted by atomic mass is 32.2. The molecule has 0 saturated carbocycles. The van der Waals surface area contributed by atoms with E-state index in [0.717, 1.165) is 11.3 Å². The number of carbonyl (C=O) groups is 2. The largest absolute Gasteiger partial charge is 0.469 e. The third-order valence-corrected chi connectivity index (χ3v) is 5.42. The molecule has 0 bridgehead atoms. The molecule has 0 fully saturated rings. The van der Waals surface area contributed by atoms with E-state index in [1.165, 1.54) is 18.7 Å². The molecular formula is C21H22N4O3S. The van der Waals surface area contributed by atoms with Crippen molar-refractivity contribution in [2.75, 3.05) is 5.32 Å². The van der Waals surface area contributed by atoms with E-state index < -0.39 is 5.25 Å². The van der Waals surface area contributed by atoms with Gasteiger partial charge in [-0.25, -0.2) is 0 Å². The summed E-state index contributed by atoms with van der Waals surface area (Å²) in [7, 11) is 0. The van der Waals surface area contributed by atoms with Crippen LogP contribution in [0.3, 0.4) is 0 Å². The lowest BCUT2D eigenvalue weighted by Crippen LogP contribution is -2.24. The zero-order chi connectivity index (χ0) is 21.0. The standard InChI is InChI=1S/C21H22N4O3S/c1-5-11-25-19(17-10-12-28-14(17)3)23-24-21(25)29-15(4)20(27)22-18-9-7-6-8-16(18)13(2)26/h5-10,12,15H,1,11H2,2-4H3,(H,22,27)/t15-/m1/s1. The van der Waals surface area contributed by atoms with E-state index in [1.807, 2.05) is 17.6 Å². The number of ketones is 1. The van der Waals surface area contributed by atoms with Crippen LogP contribution in [0.4, 0.5) is 5.69 Å². The topological polar surface area (TPSA) is 90.0 Å². The van der Waals surface area contributed by atoms with Crippen LogP contribution in [0.25, 0.3) is 11.4 Å². The molecule has 3 rings (SSSR count). The molecule has 0 aliphatic rings. The van der Waals surface area contributed by atoms with Gasteiger partial charge in [0.2, 0.25) is 5.91 Å². The average Bonchev–Trinajstić information content (AvgIpc) is 3.28. The molecule has 1 aromatic carbocycles. The van der Waals surface area contributed by atoms with Gasteiger partial charge < -0.3 is 9.73 Å². The number of anilines is 1. The van der Waals surface area contributed by atoms with Crippen LogP contribution in [0.1, 0.15) is 30.0 Å². The highest BCUT2D eigenvalue weighted by Crippen LogP contribution is 2.29. The van der Waals surface area contributed by atoms with E-state index in [2.05, 4.69) is 22.1 Å². The maximum absolute atomic E-state index is 12.7. The Kier molecular flexibility index (Phi) is 6.33. The molecule has 0 aliphatic carbocycles. The molecule has 8 heteroatoms. The monoisotopic (exact) mass is 410 g/mol. The molecule has 1 atom stereocenters. The first-order chi connectivity index (χ1) is 13.9. The number of hydrogen-bond acceptors (Lipinski definition) is 6. The summed E-state index contributed by atoms with van der Waals surface area (Å²) in [5.74, 6) is 1.07. The van der Waals surface area contributed by atoms with E-state index >= 15 is 0 Å². The predicted octanol–water partition coefficient (Wildman–Crippen LogP) is 4.35. The number of hydrogen-bond donors (Lipinski definition) is 1. The van der Waals surface area contributed by atoms with E-state index in [-0.39, 0.29) is 11.7 Å². The fraction of sp³-hybridized carbons (Fsp3) is 0.238. The Bertz CT molecular complexity index is 1050. The molecule has 3 aromatic rings. The third kappa shape index (κ3) is 4.48. The lowest BCUT2D eigenvalue weighted by atomic mass is 10.1. The van der Waals surface area contributed by atoms with Crippen molar-refractivity contribution in [3.8, 4) is 11.4 Å². The number of allylic oxidation sites excluding steroid dienone is 1. The molecule has 150 valence electrons. The van der Waals surface area contributed by atoms with Crippen molar-refractivity contribution in [2.45, 2.75) is 37.7 Å². The number of para-hydroxylation sites is 1. The second-order valence-electron chi connectivity index (χ2n) is 6.45. The molecule has 1 amide bonds. The van der Waals surface area contributed by atoms with Gasteiger partial charge in [-0.3, -0.25) is 14.2 Å². The number of furan rings is 1. The van der Waals surface area contributed by atoms with Crippen LogP contribution in [0.5, 0.6) is 0 Å². The van der Waals surface area contributed by atoms with Crippen LogP contribution in [-0.2, 0) is 11.3 Å². The first kappa shape index (κ1) is 20.6. The Morgan fingerprint density at radius 1 is 1.31 bits per heavy atom. The van der Waals surface area contributed by atoms with Crippen LogP contribution >= 0.6 is 11.8 Å². The number of carbonyl (C=O) groups excluding carboxylic acids is 2. The molecule has 0 aliphatic heterocycles. The molecule has 0 saturated heterocycles. The smallest absolute Gasteiger partial charge is 0.237 e. The average molecular weight is 410 g/mol. The summed E-state index contributed by atoms with van der Waals surface area (Å²) in [4.78, 5) is 24.5. The number of thioether (sulfide) groups is 1. The number of Topliss-reactive ketones (excluding diaryl/α,β-unsaturated/α-hetero) is 1. The van der Waals surface area contributed by atoms with Crippen molar-refractivity contribution < 1.29 is 14.0 Å². The van der Waals surface area contributed by atoms with Crippen molar-refractivity contribution in [3.63, 3.8) is 0 Å². The Hall–Kier alpha value is -3.13. The van der Waals surface area contributed by atoms with Gasteiger partial charge in [0.15, 0.2) is 16.8 Å². The van der Waals surface area contributed by atoms with E-state index in [1.54, 1.807) is 43.5 Å². The summed E-state index contributed by atoms with van der Waals surface area (Å²) in [5, 5.41) is 11.5. The fourth-order valence-electron chi connectivity index (χ4n) is 2.83. The number of rotatable bonds is 8. The first-order valence-electron chi connectivity index (χ1n) is 9.08. The minimum absolute atomic E-state index is 0.105. The van der Waals surface area contributed by atoms with Gasteiger partial charge in [-0.2, -0.15) is 0 Å². The van der Waals surface area contributed by atoms with Gasteiger partial charge in [0.1, 0.15) is 5.76 Å². The summed E-state index contributed by atoms with van der Waals surface area (Å²) in [6, 6.07) is 8.78. The van der Waals surface area contributed by atoms with Gasteiger partial charge in [0.25, 0.3) is 0 Å². The Morgan fingerprint density at radius 2 is 2.07 bits per heavy atom. The van der Waals surface area contributed by atoms with Gasteiger partial charge in [-0.1, -0.05) is 30.0 Å². The number of aryl methyl sites for hydroxylation is 1. The van der Waals surface area contributed by atoms with Gasteiger partial charge in [0, 0.05) is 12.1 Å². The molecule has 29 heavy (non-hydrogen) atoms. The Balaban J connectivity index is 1.80. The minimum atomic E-state index is -0.457. The number of benzene rings is 1. The number of amides is 1. The van der Waals surface area contributed by atoms with Crippen LogP contribution < -0.4 is 5.32 Å². The lowest BCUT2D eigenvalue weighted by molar-refractivity contribution is -0.115. The maximum atomic E-state index is 12.7. The second kappa shape index (κ2) is 8.91. The van der Waals surface area contributed by atoms with Crippen LogP contribution in [0.15, 0.2) is 58.8 Å². The lowest BCUT2D eigenvalue weighted by Gasteiger charge is -2.14. The zero-order valence-electron chi connectivity index (χ0n) is 16.5. The van der Waals surface area contributed by atoms with Crippen molar-refractivity contribution in [2.24, 2.45) is 0 Å². The summed E-state index contributed by atoms with van der Waals surface area (Å²) < 4.78 is 7.26. The number of nitrogens with zero attached hydrogens (tertiary/aromatic N) is 3. The summed E-state index contributed by atoms with van der Waals surface area (Å²) in [6.45, 7) is 9.41. The molecule has 7 nitrogen and oxygen atoms in total. The summed E-state index contributed by atoms with van der Waals surface area (Å²) in [6.07, 6.45) is 3.35.